The van der Waals surface area contributed by atoms with Crippen LogP contribution >= 0.6 is 0 Å². The number of carbonyl (C=O) groups excluding carboxylic acids is 2. The quantitative estimate of drug-likeness (QED) is 0.262. The predicted octanol–water partition coefficient (Wildman–Crippen LogP) is 6.61. The summed E-state index contributed by atoms with van der Waals surface area (Å²) in [5.41, 5.74) is 2.09. The number of carbonyl (C=O) groups is 2. The molecule has 4 rings (SSSR count). The SMILES string of the molecule is CCOC(=O)/C=C/c1ccc(F)c(NC(=O)c2cc(-c3cccc(F)c3)cc3ccccc23)c1. The van der Waals surface area contributed by atoms with Crippen LogP contribution in [0.4, 0.5) is 14.5 Å². The minimum Gasteiger partial charge on any atom is -0.463 e. The zero-order valence-corrected chi connectivity index (χ0v) is 18.3. The van der Waals surface area contributed by atoms with Crippen molar-refractivity contribution in [3.05, 3.63) is 108 Å². The molecule has 0 aliphatic rings. The number of esters is 1. The summed E-state index contributed by atoms with van der Waals surface area (Å²) in [7, 11) is 0. The number of ether oxygens (including phenoxy) is 1. The van der Waals surface area contributed by atoms with Crippen molar-refractivity contribution in [1.82, 2.24) is 0 Å². The summed E-state index contributed by atoms with van der Waals surface area (Å²) in [6, 6.07) is 21.1. The number of hydrogen-bond acceptors (Lipinski definition) is 3. The molecule has 0 bridgehead atoms. The predicted molar refractivity (Wildman–Crippen MR) is 129 cm³/mol. The van der Waals surface area contributed by atoms with Gasteiger partial charge in [0.2, 0.25) is 0 Å². The van der Waals surface area contributed by atoms with E-state index in [0.717, 1.165) is 5.39 Å². The highest BCUT2D eigenvalue weighted by atomic mass is 19.1. The van der Waals surface area contributed by atoms with Gasteiger partial charge in [-0.25, -0.2) is 13.6 Å². The van der Waals surface area contributed by atoms with Gasteiger partial charge in [0.15, 0.2) is 0 Å². The van der Waals surface area contributed by atoms with Crippen molar-refractivity contribution in [2.45, 2.75) is 6.92 Å². The van der Waals surface area contributed by atoms with Crippen LogP contribution < -0.4 is 5.32 Å². The lowest BCUT2D eigenvalue weighted by molar-refractivity contribution is -0.137. The zero-order chi connectivity index (χ0) is 24.1. The van der Waals surface area contributed by atoms with Gasteiger partial charge in [0.05, 0.1) is 12.3 Å². The molecule has 4 aromatic carbocycles. The Morgan fingerprint density at radius 3 is 2.53 bits per heavy atom. The Bertz CT molecular complexity index is 1410. The fraction of sp³-hybridized carbons (Fsp3) is 0.0714. The maximum Gasteiger partial charge on any atom is 0.330 e. The number of halogens is 2. The van der Waals surface area contributed by atoms with Crippen molar-refractivity contribution in [3.63, 3.8) is 0 Å². The highest BCUT2D eigenvalue weighted by Crippen LogP contribution is 2.29. The zero-order valence-electron chi connectivity index (χ0n) is 18.3. The van der Waals surface area contributed by atoms with Gasteiger partial charge in [-0.15, -0.1) is 0 Å². The molecule has 0 radical (unpaired) electrons. The molecule has 4 aromatic rings. The van der Waals surface area contributed by atoms with Crippen molar-refractivity contribution in [1.29, 1.82) is 0 Å². The number of hydrogen-bond donors (Lipinski definition) is 1. The van der Waals surface area contributed by atoms with Crippen molar-refractivity contribution in [3.8, 4) is 11.1 Å². The van der Waals surface area contributed by atoms with E-state index >= 15 is 0 Å². The first-order valence-electron chi connectivity index (χ1n) is 10.7. The molecule has 0 saturated heterocycles. The molecule has 0 aliphatic carbocycles. The van der Waals surface area contributed by atoms with Gasteiger partial charge in [0.25, 0.3) is 5.91 Å². The van der Waals surface area contributed by atoms with Gasteiger partial charge in [-0.2, -0.15) is 0 Å². The number of nitrogens with one attached hydrogen (secondary N) is 1. The Morgan fingerprint density at radius 2 is 1.74 bits per heavy atom. The Labute approximate surface area is 195 Å². The molecular formula is C28H21F2NO3. The minimum atomic E-state index is -0.618. The summed E-state index contributed by atoms with van der Waals surface area (Å²) in [6.45, 7) is 1.95. The third-order valence-electron chi connectivity index (χ3n) is 5.20. The van der Waals surface area contributed by atoms with Crippen LogP contribution in [0.25, 0.3) is 28.0 Å². The van der Waals surface area contributed by atoms with Crippen molar-refractivity contribution in [2.24, 2.45) is 0 Å². The second-order valence-electron chi connectivity index (χ2n) is 7.53. The lowest BCUT2D eigenvalue weighted by Crippen LogP contribution is -2.14. The molecule has 0 atom stereocenters. The van der Waals surface area contributed by atoms with E-state index in [-0.39, 0.29) is 18.1 Å². The lowest BCUT2D eigenvalue weighted by Gasteiger charge is -2.12. The van der Waals surface area contributed by atoms with E-state index in [1.165, 1.54) is 42.5 Å². The molecule has 6 heteroatoms. The highest BCUT2D eigenvalue weighted by Gasteiger charge is 2.15. The standard InChI is InChI=1S/C28H21F2NO3/c1-2-34-27(32)13-11-18-10-12-25(30)26(14-18)31-28(33)24-17-21(19-7-5-8-22(29)16-19)15-20-6-3-4-9-23(20)24/h3-17H,2H2,1H3,(H,31,33)/b13-11+. The molecule has 0 unspecified atom stereocenters. The molecule has 0 heterocycles. The summed E-state index contributed by atoms with van der Waals surface area (Å²) in [6.07, 6.45) is 2.71. The smallest absolute Gasteiger partial charge is 0.330 e. The normalized spacial score (nSPS) is 11.0. The van der Waals surface area contributed by atoms with Gasteiger partial charge in [0, 0.05) is 11.6 Å². The largest absolute Gasteiger partial charge is 0.463 e. The average Bonchev–Trinajstić information content (AvgIpc) is 2.84. The fourth-order valence-electron chi connectivity index (χ4n) is 3.62. The Balaban J connectivity index is 1.70. The molecule has 170 valence electrons. The Kier molecular flexibility index (Phi) is 6.78. The lowest BCUT2D eigenvalue weighted by atomic mass is 9.96. The van der Waals surface area contributed by atoms with Gasteiger partial charge in [-0.05, 0) is 76.9 Å². The second-order valence-corrected chi connectivity index (χ2v) is 7.53. The van der Waals surface area contributed by atoms with Crippen molar-refractivity contribution >= 4 is 34.4 Å². The number of fused-ring (bicyclic) bond motifs is 1. The van der Waals surface area contributed by atoms with Crippen LogP contribution in [0.1, 0.15) is 22.8 Å². The van der Waals surface area contributed by atoms with Gasteiger partial charge in [-0.3, -0.25) is 4.79 Å². The van der Waals surface area contributed by atoms with Gasteiger partial charge < -0.3 is 10.1 Å². The molecule has 1 N–H and O–H groups in total. The first-order chi connectivity index (χ1) is 16.4. The number of amides is 1. The highest BCUT2D eigenvalue weighted by molar-refractivity contribution is 6.14. The van der Waals surface area contributed by atoms with Crippen molar-refractivity contribution < 1.29 is 23.1 Å². The molecule has 0 aromatic heterocycles. The van der Waals surface area contributed by atoms with Crippen LogP contribution in [0.15, 0.2) is 84.9 Å². The molecule has 4 nitrogen and oxygen atoms in total. The van der Waals surface area contributed by atoms with Crippen LogP contribution in [-0.4, -0.2) is 18.5 Å². The number of rotatable bonds is 6. The van der Waals surface area contributed by atoms with Gasteiger partial charge in [0.1, 0.15) is 11.6 Å². The van der Waals surface area contributed by atoms with E-state index in [4.69, 9.17) is 4.74 Å². The van der Waals surface area contributed by atoms with E-state index in [0.29, 0.717) is 27.6 Å². The maximum atomic E-state index is 14.5. The summed E-state index contributed by atoms with van der Waals surface area (Å²) >= 11 is 0. The second kappa shape index (κ2) is 10.1. The molecule has 1 amide bonds. The fourth-order valence-corrected chi connectivity index (χ4v) is 3.62. The summed E-state index contributed by atoms with van der Waals surface area (Å²) in [4.78, 5) is 24.8. The van der Waals surface area contributed by atoms with Crippen LogP contribution in [0.2, 0.25) is 0 Å². The minimum absolute atomic E-state index is 0.0313. The summed E-state index contributed by atoms with van der Waals surface area (Å²) < 4.78 is 33.1. The molecule has 34 heavy (non-hydrogen) atoms. The van der Waals surface area contributed by atoms with E-state index in [2.05, 4.69) is 5.32 Å². The van der Waals surface area contributed by atoms with Crippen LogP contribution in [0, 0.1) is 11.6 Å². The summed E-state index contributed by atoms with van der Waals surface area (Å²) in [5, 5.41) is 4.10. The van der Waals surface area contributed by atoms with E-state index in [1.54, 1.807) is 31.2 Å². The van der Waals surface area contributed by atoms with Crippen molar-refractivity contribution in [2.75, 3.05) is 11.9 Å². The van der Waals surface area contributed by atoms with Crippen LogP contribution in [-0.2, 0) is 9.53 Å². The van der Waals surface area contributed by atoms with Gasteiger partial charge in [-0.1, -0.05) is 42.5 Å². The maximum absolute atomic E-state index is 14.5. The average molecular weight is 457 g/mol. The van der Waals surface area contributed by atoms with Crippen LogP contribution in [0.3, 0.4) is 0 Å². The third kappa shape index (κ3) is 5.18. The first kappa shape index (κ1) is 22.9. The summed E-state index contributed by atoms with van der Waals surface area (Å²) in [5.74, 6) is -2.03. The molecule has 0 fully saturated rings. The number of anilines is 1. The molecular weight excluding hydrogens is 436 g/mol. The first-order valence-corrected chi connectivity index (χ1v) is 10.7. The van der Waals surface area contributed by atoms with E-state index in [1.807, 2.05) is 24.3 Å². The van der Waals surface area contributed by atoms with Crippen LogP contribution in [0.5, 0.6) is 0 Å². The van der Waals surface area contributed by atoms with E-state index in [9.17, 15) is 18.4 Å². The Morgan fingerprint density at radius 1 is 0.912 bits per heavy atom. The van der Waals surface area contributed by atoms with E-state index < -0.39 is 17.7 Å². The monoisotopic (exact) mass is 457 g/mol. The topological polar surface area (TPSA) is 55.4 Å². The molecule has 0 saturated carbocycles. The Hall–Kier alpha value is -4.32. The molecule has 0 spiro atoms. The third-order valence-corrected chi connectivity index (χ3v) is 5.20. The number of benzene rings is 4. The van der Waals surface area contributed by atoms with Gasteiger partial charge >= 0.3 is 5.97 Å². The molecule has 0 aliphatic heterocycles.